The Balaban J connectivity index is 1.84. The number of nitrogens with one attached hydrogen (secondary N) is 1. The Hall–Kier alpha value is -2.03. The minimum atomic E-state index is -0.0483. The molecule has 2 aromatic carbocycles. The standard InChI is InChI=1S/C20H27NO2/c1-3-5-9-16(4-2)14-21-20(22)15-23-19-13-8-11-17-10-6-7-12-18(17)19/h6-8,10-13,16H,3-5,9,14-15H2,1-2H3,(H,21,22)/t16-/m1/s1. The third kappa shape index (κ3) is 5.27. The molecule has 0 aliphatic carbocycles. The molecule has 3 nitrogen and oxygen atoms in total. The smallest absolute Gasteiger partial charge is 0.257 e. The van der Waals surface area contributed by atoms with Gasteiger partial charge in [0.25, 0.3) is 5.91 Å². The van der Waals surface area contributed by atoms with Crippen LogP contribution in [0.5, 0.6) is 5.75 Å². The summed E-state index contributed by atoms with van der Waals surface area (Å²) in [7, 11) is 0. The molecule has 0 aromatic heterocycles. The Morgan fingerprint density at radius 2 is 1.91 bits per heavy atom. The van der Waals surface area contributed by atoms with E-state index in [2.05, 4.69) is 19.2 Å². The van der Waals surface area contributed by atoms with Crippen LogP contribution < -0.4 is 10.1 Å². The summed E-state index contributed by atoms with van der Waals surface area (Å²) in [5, 5.41) is 5.16. The maximum atomic E-state index is 12.0. The van der Waals surface area contributed by atoms with Gasteiger partial charge in [-0.2, -0.15) is 0 Å². The van der Waals surface area contributed by atoms with E-state index in [9.17, 15) is 4.79 Å². The van der Waals surface area contributed by atoms with E-state index < -0.39 is 0 Å². The summed E-state index contributed by atoms with van der Waals surface area (Å²) in [4.78, 5) is 12.0. The summed E-state index contributed by atoms with van der Waals surface area (Å²) in [5.74, 6) is 1.28. The van der Waals surface area contributed by atoms with Gasteiger partial charge in [0.05, 0.1) is 0 Å². The van der Waals surface area contributed by atoms with Crippen LogP contribution in [-0.2, 0) is 4.79 Å². The fraction of sp³-hybridized carbons (Fsp3) is 0.450. The van der Waals surface area contributed by atoms with Crippen LogP contribution in [0.15, 0.2) is 42.5 Å². The Morgan fingerprint density at radius 3 is 2.70 bits per heavy atom. The molecule has 0 radical (unpaired) electrons. The van der Waals surface area contributed by atoms with Gasteiger partial charge < -0.3 is 10.1 Å². The average Bonchev–Trinajstić information content (AvgIpc) is 2.60. The number of hydrogen-bond donors (Lipinski definition) is 1. The molecule has 0 fully saturated rings. The number of benzene rings is 2. The summed E-state index contributed by atoms with van der Waals surface area (Å²) in [6.07, 6.45) is 4.71. The molecule has 2 aromatic rings. The quantitative estimate of drug-likeness (QED) is 0.737. The predicted molar refractivity (Wildman–Crippen MR) is 95.8 cm³/mol. The highest BCUT2D eigenvalue weighted by atomic mass is 16.5. The first kappa shape index (κ1) is 17.3. The SMILES string of the molecule is CCCC[C@@H](CC)CNC(=O)COc1cccc2ccccc12. The Morgan fingerprint density at radius 1 is 1.13 bits per heavy atom. The number of unbranched alkanes of at least 4 members (excludes halogenated alkanes) is 1. The zero-order valence-corrected chi connectivity index (χ0v) is 14.2. The van der Waals surface area contributed by atoms with Crippen LogP contribution in [0.2, 0.25) is 0 Å². The highest BCUT2D eigenvalue weighted by molar-refractivity contribution is 5.88. The largest absolute Gasteiger partial charge is 0.483 e. The highest BCUT2D eigenvalue weighted by Crippen LogP contribution is 2.24. The van der Waals surface area contributed by atoms with Crippen LogP contribution in [0.1, 0.15) is 39.5 Å². The van der Waals surface area contributed by atoms with Crippen molar-refractivity contribution in [3.8, 4) is 5.75 Å². The normalized spacial score (nSPS) is 12.1. The molecule has 0 heterocycles. The molecule has 0 saturated heterocycles. The van der Waals surface area contributed by atoms with Crippen LogP contribution in [0.4, 0.5) is 0 Å². The Labute approximate surface area is 139 Å². The van der Waals surface area contributed by atoms with Crippen LogP contribution in [0.3, 0.4) is 0 Å². The number of ether oxygens (including phenoxy) is 1. The van der Waals surface area contributed by atoms with E-state index in [0.717, 1.165) is 29.5 Å². The monoisotopic (exact) mass is 313 g/mol. The van der Waals surface area contributed by atoms with Crippen LogP contribution in [-0.4, -0.2) is 19.1 Å². The van der Waals surface area contributed by atoms with Gasteiger partial charge in [0.2, 0.25) is 0 Å². The minimum Gasteiger partial charge on any atom is -0.483 e. The maximum absolute atomic E-state index is 12.0. The fourth-order valence-electron chi connectivity index (χ4n) is 2.72. The second kappa shape index (κ2) is 9.19. The summed E-state index contributed by atoms with van der Waals surface area (Å²) in [5.41, 5.74) is 0. The Bertz CT molecular complexity index is 619. The first-order valence-corrected chi connectivity index (χ1v) is 8.61. The van der Waals surface area contributed by atoms with Crippen molar-refractivity contribution in [1.82, 2.24) is 5.32 Å². The molecule has 124 valence electrons. The number of carbonyl (C=O) groups excluding carboxylic acids is 1. The average molecular weight is 313 g/mol. The van der Waals surface area contributed by atoms with E-state index in [1.807, 2.05) is 42.5 Å². The lowest BCUT2D eigenvalue weighted by molar-refractivity contribution is -0.123. The van der Waals surface area contributed by atoms with E-state index >= 15 is 0 Å². The third-order valence-electron chi connectivity index (χ3n) is 4.24. The van der Waals surface area contributed by atoms with E-state index in [1.165, 1.54) is 19.3 Å². The van der Waals surface area contributed by atoms with Gasteiger partial charge >= 0.3 is 0 Å². The Kier molecular flexibility index (Phi) is 6.92. The lowest BCUT2D eigenvalue weighted by Gasteiger charge is -2.15. The van der Waals surface area contributed by atoms with Gasteiger partial charge in [0.15, 0.2) is 6.61 Å². The second-order valence-corrected chi connectivity index (χ2v) is 5.99. The van der Waals surface area contributed by atoms with Gasteiger partial charge in [-0.05, 0) is 23.8 Å². The molecule has 1 N–H and O–H groups in total. The fourth-order valence-corrected chi connectivity index (χ4v) is 2.72. The van der Waals surface area contributed by atoms with Gasteiger partial charge in [0.1, 0.15) is 5.75 Å². The lowest BCUT2D eigenvalue weighted by Crippen LogP contribution is -2.33. The highest BCUT2D eigenvalue weighted by Gasteiger charge is 2.09. The second-order valence-electron chi connectivity index (χ2n) is 5.99. The molecule has 1 atom stereocenters. The molecule has 23 heavy (non-hydrogen) atoms. The molecule has 1 amide bonds. The van der Waals surface area contributed by atoms with Crippen molar-refractivity contribution in [2.75, 3.05) is 13.2 Å². The number of hydrogen-bond acceptors (Lipinski definition) is 2. The number of amides is 1. The topological polar surface area (TPSA) is 38.3 Å². The zero-order valence-electron chi connectivity index (χ0n) is 14.2. The lowest BCUT2D eigenvalue weighted by atomic mass is 9.99. The first-order valence-electron chi connectivity index (χ1n) is 8.61. The van der Waals surface area contributed by atoms with Gasteiger partial charge in [-0.1, -0.05) is 69.5 Å². The van der Waals surface area contributed by atoms with Crippen LogP contribution in [0.25, 0.3) is 10.8 Å². The zero-order chi connectivity index (χ0) is 16.5. The number of fused-ring (bicyclic) bond motifs is 1. The van der Waals surface area contributed by atoms with Crippen molar-refractivity contribution in [1.29, 1.82) is 0 Å². The molecular weight excluding hydrogens is 286 g/mol. The van der Waals surface area contributed by atoms with Crippen LogP contribution in [0, 0.1) is 5.92 Å². The van der Waals surface area contributed by atoms with Crippen LogP contribution >= 0.6 is 0 Å². The molecule has 0 bridgehead atoms. The van der Waals surface area contributed by atoms with Crippen molar-refractivity contribution in [2.45, 2.75) is 39.5 Å². The number of carbonyl (C=O) groups is 1. The van der Waals surface area contributed by atoms with Gasteiger partial charge in [-0.15, -0.1) is 0 Å². The third-order valence-corrected chi connectivity index (χ3v) is 4.24. The van der Waals surface area contributed by atoms with Gasteiger partial charge in [-0.3, -0.25) is 4.79 Å². The molecule has 2 rings (SSSR count). The molecular formula is C20H27NO2. The molecule has 0 aliphatic rings. The van der Waals surface area contributed by atoms with Crippen molar-refractivity contribution in [2.24, 2.45) is 5.92 Å². The van der Waals surface area contributed by atoms with E-state index in [-0.39, 0.29) is 12.5 Å². The van der Waals surface area contributed by atoms with E-state index in [4.69, 9.17) is 4.74 Å². The molecule has 0 aliphatic heterocycles. The number of rotatable bonds is 9. The maximum Gasteiger partial charge on any atom is 0.257 e. The van der Waals surface area contributed by atoms with E-state index in [1.54, 1.807) is 0 Å². The molecule has 0 spiro atoms. The van der Waals surface area contributed by atoms with Crippen molar-refractivity contribution < 1.29 is 9.53 Å². The molecule has 0 saturated carbocycles. The summed E-state index contributed by atoms with van der Waals surface area (Å²) in [6, 6.07) is 13.9. The van der Waals surface area contributed by atoms with E-state index in [0.29, 0.717) is 5.92 Å². The molecule has 3 heteroatoms. The van der Waals surface area contributed by atoms with Gasteiger partial charge in [0, 0.05) is 11.9 Å². The van der Waals surface area contributed by atoms with Crippen molar-refractivity contribution in [3.05, 3.63) is 42.5 Å². The van der Waals surface area contributed by atoms with Crippen molar-refractivity contribution in [3.63, 3.8) is 0 Å². The summed E-state index contributed by atoms with van der Waals surface area (Å²) < 4.78 is 5.72. The summed E-state index contributed by atoms with van der Waals surface area (Å²) >= 11 is 0. The first-order chi connectivity index (χ1) is 11.2. The van der Waals surface area contributed by atoms with Crippen molar-refractivity contribution >= 4 is 16.7 Å². The minimum absolute atomic E-state index is 0.0483. The van der Waals surface area contributed by atoms with Gasteiger partial charge in [-0.25, -0.2) is 0 Å². The summed E-state index contributed by atoms with van der Waals surface area (Å²) in [6.45, 7) is 5.19. The predicted octanol–water partition coefficient (Wildman–Crippen LogP) is 4.55. The molecule has 0 unspecified atom stereocenters.